The monoisotopic (exact) mass is 335 g/mol. The Hall–Kier alpha value is -1.89. The Balaban J connectivity index is 1.60. The molecule has 1 atom stereocenters. The van der Waals surface area contributed by atoms with Crippen LogP contribution in [0.5, 0.6) is 0 Å². The van der Waals surface area contributed by atoms with Crippen LogP contribution in [0.25, 0.3) is 0 Å². The van der Waals surface area contributed by atoms with E-state index in [4.69, 9.17) is 9.26 Å². The zero-order valence-electron chi connectivity index (χ0n) is 14.4. The van der Waals surface area contributed by atoms with Gasteiger partial charge in [0.25, 0.3) is 11.8 Å². The Kier molecular flexibility index (Phi) is 5.18. The van der Waals surface area contributed by atoms with Crippen LogP contribution in [0, 0.1) is 0 Å². The van der Waals surface area contributed by atoms with Gasteiger partial charge in [0.15, 0.2) is 5.69 Å². The maximum atomic E-state index is 12.6. The first-order valence-corrected chi connectivity index (χ1v) is 8.72. The van der Waals surface area contributed by atoms with E-state index in [1.807, 2.05) is 18.7 Å². The lowest BCUT2D eigenvalue weighted by atomic mass is 10.1. The summed E-state index contributed by atoms with van der Waals surface area (Å²) in [6.07, 6.45) is 2.21. The Morgan fingerprint density at radius 2 is 1.92 bits per heavy atom. The largest absolute Gasteiger partial charge is 0.368 e. The molecule has 1 aromatic heterocycles. The van der Waals surface area contributed by atoms with Crippen molar-refractivity contribution in [2.45, 2.75) is 45.1 Å². The van der Waals surface area contributed by atoms with E-state index < -0.39 is 0 Å². The number of aromatic nitrogens is 1. The van der Waals surface area contributed by atoms with Gasteiger partial charge in [-0.15, -0.1) is 0 Å². The maximum Gasteiger partial charge on any atom is 0.276 e. The average molecular weight is 335 g/mol. The molecule has 0 spiro atoms. The molecule has 0 aromatic carbocycles. The summed E-state index contributed by atoms with van der Waals surface area (Å²) in [6.45, 7) is 7.00. The van der Waals surface area contributed by atoms with Crippen LogP contribution in [0.1, 0.15) is 55.3 Å². The second-order valence-electron chi connectivity index (χ2n) is 6.74. The van der Waals surface area contributed by atoms with Crippen molar-refractivity contribution < 1.29 is 18.8 Å². The molecule has 0 radical (unpaired) electrons. The zero-order chi connectivity index (χ0) is 17.1. The second kappa shape index (κ2) is 7.34. The van der Waals surface area contributed by atoms with Crippen LogP contribution in [0.4, 0.5) is 0 Å². The molecule has 2 fully saturated rings. The molecular formula is C17H25N3O4. The minimum atomic E-state index is -0.295. The van der Waals surface area contributed by atoms with Gasteiger partial charge in [0, 0.05) is 44.8 Å². The van der Waals surface area contributed by atoms with Gasteiger partial charge >= 0.3 is 0 Å². The van der Waals surface area contributed by atoms with Crippen LogP contribution >= 0.6 is 0 Å². The molecule has 7 heteroatoms. The summed E-state index contributed by atoms with van der Waals surface area (Å²) in [5, 5.41) is 3.89. The first-order valence-electron chi connectivity index (χ1n) is 8.72. The third-order valence-corrected chi connectivity index (χ3v) is 4.62. The Bertz CT molecular complexity index is 592. The predicted octanol–water partition coefficient (Wildman–Crippen LogP) is 1.65. The summed E-state index contributed by atoms with van der Waals surface area (Å²) in [5.74, 6) is 0.841. The lowest BCUT2D eigenvalue weighted by Crippen LogP contribution is -2.41. The molecule has 2 aliphatic rings. The molecule has 3 heterocycles. The van der Waals surface area contributed by atoms with Crippen LogP contribution in [0.2, 0.25) is 0 Å². The molecule has 3 rings (SSSR count). The fourth-order valence-corrected chi connectivity index (χ4v) is 3.14. The molecule has 24 heavy (non-hydrogen) atoms. The molecule has 2 amide bonds. The molecule has 2 aliphatic heterocycles. The molecule has 0 bridgehead atoms. The van der Waals surface area contributed by atoms with Gasteiger partial charge in [0.2, 0.25) is 0 Å². The summed E-state index contributed by atoms with van der Waals surface area (Å²) in [6, 6.07) is 1.72. The summed E-state index contributed by atoms with van der Waals surface area (Å²) in [5.41, 5.74) is 0.345. The van der Waals surface area contributed by atoms with Crippen LogP contribution in [-0.2, 0) is 9.53 Å². The molecule has 0 saturated carbocycles. The lowest BCUT2D eigenvalue weighted by molar-refractivity contribution is -0.140. The van der Waals surface area contributed by atoms with E-state index in [1.165, 1.54) is 0 Å². The van der Waals surface area contributed by atoms with Gasteiger partial charge in [-0.05, 0) is 19.3 Å². The number of nitrogens with zero attached hydrogens (tertiary/aromatic N) is 3. The SMILES string of the molecule is CC(C)c1cc(C(=O)N2CCCN(C(=O)C3CCCO3)CC2)no1. The van der Waals surface area contributed by atoms with Crippen molar-refractivity contribution in [3.63, 3.8) is 0 Å². The van der Waals surface area contributed by atoms with Crippen molar-refractivity contribution >= 4 is 11.8 Å². The van der Waals surface area contributed by atoms with Crippen LogP contribution in [-0.4, -0.2) is 65.7 Å². The Morgan fingerprint density at radius 3 is 2.58 bits per heavy atom. The van der Waals surface area contributed by atoms with Crippen molar-refractivity contribution in [1.82, 2.24) is 15.0 Å². The fraction of sp³-hybridized carbons (Fsp3) is 0.706. The van der Waals surface area contributed by atoms with Gasteiger partial charge in [-0.25, -0.2) is 0 Å². The van der Waals surface area contributed by atoms with Crippen LogP contribution in [0.15, 0.2) is 10.6 Å². The summed E-state index contributed by atoms with van der Waals surface area (Å²) in [7, 11) is 0. The van der Waals surface area contributed by atoms with Gasteiger partial charge in [0.05, 0.1) is 0 Å². The van der Waals surface area contributed by atoms with Gasteiger partial charge < -0.3 is 19.1 Å². The van der Waals surface area contributed by atoms with E-state index in [9.17, 15) is 9.59 Å². The van der Waals surface area contributed by atoms with E-state index in [0.717, 1.165) is 19.3 Å². The molecule has 7 nitrogen and oxygen atoms in total. The van der Waals surface area contributed by atoms with E-state index in [2.05, 4.69) is 5.16 Å². The normalized spacial score (nSPS) is 22.0. The highest BCUT2D eigenvalue weighted by Crippen LogP contribution is 2.18. The molecule has 2 saturated heterocycles. The van der Waals surface area contributed by atoms with E-state index >= 15 is 0 Å². The standard InChI is InChI=1S/C17H25N3O4/c1-12(2)15-11-13(18-24-15)16(21)19-6-4-7-20(9-8-19)17(22)14-5-3-10-23-14/h11-12,14H,3-10H2,1-2H3. The first kappa shape index (κ1) is 17.0. The molecule has 1 aromatic rings. The average Bonchev–Trinajstić information content (AvgIpc) is 3.21. The number of amides is 2. The fourth-order valence-electron chi connectivity index (χ4n) is 3.14. The van der Waals surface area contributed by atoms with E-state index in [1.54, 1.807) is 11.0 Å². The van der Waals surface area contributed by atoms with E-state index in [-0.39, 0.29) is 23.8 Å². The number of carbonyl (C=O) groups is 2. The van der Waals surface area contributed by atoms with Gasteiger partial charge in [-0.2, -0.15) is 0 Å². The van der Waals surface area contributed by atoms with Crippen LogP contribution < -0.4 is 0 Å². The molecule has 1 unspecified atom stereocenters. The third-order valence-electron chi connectivity index (χ3n) is 4.62. The number of hydrogen-bond acceptors (Lipinski definition) is 5. The number of rotatable bonds is 3. The summed E-state index contributed by atoms with van der Waals surface area (Å²) < 4.78 is 10.7. The highest BCUT2D eigenvalue weighted by molar-refractivity contribution is 5.92. The van der Waals surface area contributed by atoms with E-state index in [0.29, 0.717) is 44.2 Å². The smallest absolute Gasteiger partial charge is 0.276 e. The molecular weight excluding hydrogens is 310 g/mol. The summed E-state index contributed by atoms with van der Waals surface area (Å²) in [4.78, 5) is 28.6. The lowest BCUT2D eigenvalue weighted by Gasteiger charge is -2.24. The summed E-state index contributed by atoms with van der Waals surface area (Å²) >= 11 is 0. The number of ether oxygens (including phenoxy) is 1. The second-order valence-corrected chi connectivity index (χ2v) is 6.74. The number of carbonyl (C=O) groups excluding carboxylic acids is 2. The molecule has 0 N–H and O–H groups in total. The minimum Gasteiger partial charge on any atom is -0.368 e. The quantitative estimate of drug-likeness (QED) is 0.839. The van der Waals surface area contributed by atoms with Crippen LogP contribution in [0.3, 0.4) is 0 Å². The Labute approximate surface area is 141 Å². The first-order chi connectivity index (χ1) is 11.6. The zero-order valence-corrected chi connectivity index (χ0v) is 14.4. The van der Waals surface area contributed by atoms with Crippen molar-refractivity contribution in [3.8, 4) is 0 Å². The van der Waals surface area contributed by atoms with Crippen molar-refractivity contribution in [3.05, 3.63) is 17.5 Å². The Morgan fingerprint density at radius 1 is 1.17 bits per heavy atom. The topological polar surface area (TPSA) is 75.9 Å². The third kappa shape index (κ3) is 3.61. The highest BCUT2D eigenvalue weighted by atomic mass is 16.5. The van der Waals surface area contributed by atoms with Crippen molar-refractivity contribution in [2.24, 2.45) is 0 Å². The minimum absolute atomic E-state index is 0.0605. The number of hydrogen-bond donors (Lipinski definition) is 0. The van der Waals surface area contributed by atoms with Gasteiger partial charge in [-0.3, -0.25) is 9.59 Å². The van der Waals surface area contributed by atoms with Crippen molar-refractivity contribution in [2.75, 3.05) is 32.8 Å². The highest BCUT2D eigenvalue weighted by Gasteiger charge is 2.30. The maximum absolute atomic E-state index is 12.6. The van der Waals surface area contributed by atoms with Gasteiger partial charge in [-0.1, -0.05) is 19.0 Å². The van der Waals surface area contributed by atoms with Gasteiger partial charge in [0.1, 0.15) is 11.9 Å². The molecule has 132 valence electrons. The van der Waals surface area contributed by atoms with Crippen molar-refractivity contribution in [1.29, 1.82) is 0 Å². The predicted molar refractivity (Wildman–Crippen MR) is 86.7 cm³/mol. The molecule has 0 aliphatic carbocycles.